The summed E-state index contributed by atoms with van der Waals surface area (Å²) in [5.41, 5.74) is 1.60. The van der Waals surface area contributed by atoms with Gasteiger partial charge in [-0.05, 0) is 30.6 Å². The van der Waals surface area contributed by atoms with Crippen LogP contribution >= 0.6 is 0 Å². The van der Waals surface area contributed by atoms with E-state index >= 15 is 0 Å². The molecule has 1 aliphatic carbocycles. The van der Waals surface area contributed by atoms with Crippen LogP contribution in [0.1, 0.15) is 33.1 Å². The summed E-state index contributed by atoms with van der Waals surface area (Å²) in [7, 11) is 0. The van der Waals surface area contributed by atoms with Gasteiger partial charge in [-0.3, -0.25) is 0 Å². The molecule has 74 valence electrons. The van der Waals surface area contributed by atoms with Gasteiger partial charge in [-0.2, -0.15) is 0 Å². The van der Waals surface area contributed by atoms with E-state index in [9.17, 15) is 0 Å². The number of hydrogen-bond donors (Lipinski definition) is 1. The quantitative estimate of drug-likeness (QED) is 0.662. The van der Waals surface area contributed by atoms with Crippen molar-refractivity contribution in [1.82, 2.24) is 0 Å². The molecule has 0 aromatic carbocycles. The van der Waals surface area contributed by atoms with Gasteiger partial charge in [0, 0.05) is 6.61 Å². The normalized spacial score (nSPS) is 26.4. The molecule has 0 aromatic heterocycles. The number of allylic oxidation sites excluding steroid dienone is 3. The predicted octanol–water partition coefficient (Wildman–Crippen LogP) is 2.92. The van der Waals surface area contributed by atoms with Gasteiger partial charge in [-0.1, -0.05) is 38.2 Å². The van der Waals surface area contributed by atoms with Crippen LogP contribution in [0.2, 0.25) is 0 Å². The minimum Gasteiger partial charge on any atom is -0.396 e. The average Bonchev–Trinajstić information content (AvgIpc) is 2.02. The summed E-state index contributed by atoms with van der Waals surface area (Å²) >= 11 is 0. The van der Waals surface area contributed by atoms with E-state index in [1.54, 1.807) is 0 Å². The SMILES string of the molecule is C=C1CC(C)(C)C=CC1CCCO. The summed E-state index contributed by atoms with van der Waals surface area (Å²) < 4.78 is 0. The highest BCUT2D eigenvalue weighted by Gasteiger charge is 2.23. The zero-order valence-electron chi connectivity index (χ0n) is 8.71. The minimum absolute atomic E-state index is 0.285. The van der Waals surface area contributed by atoms with E-state index in [4.69, 9.17) is 5.11 Å². The first-order valence-electron chi connectivity index (χ1n) is 5.03. The molecule has 0 amide bonds. The maximum absolute atomic E-state index is 8.73. The molecule has 0 spiro atoms. The summed E-state index contributed by atoms with van der Waals surface area (Å²) in [6.45, 7) is 8.87. The summed E-state index contributed by atoms with van der Waals surface area (Å²) in [5, 5.41) is 8.73. The lowest BCUT2D eigenvalue weighted by molar-refractivity contribution is 0.277. The van der Waals surface area contributed by atoms with Gasteiger partial charge in [0.1, 0.15) is 0 Å². The Labute approximate surface area is 81.2 Å². The summed E-state index contributed by atoms with van der Waals surface area (Å²) in [6.07, 6.45) is 7.54. The Bertz CT molecular complexity index is 213. The largest absolute Gasteiger partial charge is 0.396 e. The summed E-state index contributed by atoms with van der Waals surface area (Å²) in [6, 6.07) is 0. The van der Waals surface area contributed by atoms with Crippen LogP contribution in [0.3, 0.4) is 0 Å². The Morgan fingerprint density at radius 1 is 1.62 bits per heavy atom. The van der Waals surface area contributed by atoms with E-state index in [1.807, 2.05) is 0 Å². The van der Waals surface area contributed by atoms with Crippen molar-refractivity contribution in [2.45, 2.75) is 33.1 Å². The van der Waals surface area contributed by atoms with Gasteiger partial charge >= 0.3 is 0 Å². The predicted molar refractivity (Wildman–Crippen MR) is 56.5 cm³/mol. The third-order valence-corrected chi connectivity index (χ3v) is 2.66. The summed E-state index contributed by atoms with van der Waals surface area (Å²) in [4.78, 5) is 0. The highest BCUT2D eigenvalue weighted by Crippen LogP contribution is 2.36. The van der Waals surface area contributed by atoms with Crippen molar-refractivity contribution in [1.29, 1.82) is 0 Å². The molecule has 0 fully saturated rings. The highest BCUT2D eigenvalue weighted by molar-refractivity contribution is 5.20. The summed E-state index contributed by atoms with van der Waals surface area (Å²) in [5.74, 6) is 0.500. The first-order chi connectivity index (χ1) is 6.05. The van der Waals surface area contributed by atoms with Crippen LogP contribution in [0.4, 0.5) is 0 Å². The minimum atomic E-state index is 0.285. The second kappa shape index (κ2) is 4.10. The topological polar surface area (TPSA) is 20.2 Å². The molecule has 0 bridgehead atoms. The first-order valence-corrected chi connectivity index (χ1v) is 5.03. The molecule has 0 aromatic rings. The van der Waals surface area contributed by atoms with Gasteiger partial charge in [-0.15, -0.1) is 0 Å². The van der Waals surface area contributed by atoms with Crippen molar-refractivity contribution in [3.05, 3.63) is 24.3 Å². The van der Waals surface area contributed by atoms with Gasteiger partial charge in [0.25, 0.3) is 0 Å². The molecule has 1 N–H and O–H groups in total. The molecule has 1 aliphatic rings. The Morgan fingerprint density at radius 2 is 2.31 bits per heavy atom. The van der Waals surface area contributed by atoms with Gasteiger partial charge in [-0.25, -0.2) is 0 Å². The van der Waals surface area contributed by atoms with Crippen molar-refractivity contribution in [2.24, 2.45) is 11.3 Å². The Balaban J connectivity index is 2.55. The molecule has 1 atom stereocenters. The molecule has 1 nitrogen and oxygen atoms in total. The van der Waals surface area contributed by atoms with Gasteiger partial charge in [0.15, 0.2) is 0 Å². The molecule has 1 heteroatoms. The van der Waals surface area contributed by atoms with Crippen LogP contribution in [-0.2, 0) is 0 Å². The average molecular weight is 180 g/mol. The van der Waals surface area contributed by atoms with Crippen LogP contribution < -0.4 is 0 Å². The maximum Gasteiger partial charge on any atom is 0.0431 e. The van der Waals surface area contributed by atoms with Crippen LogP contribution in [0, 0.1) is 11.3 Å². The highest BCUT2D eigenvalue weighted by atomic mass is 16.2. The maximum atomic E-state index is 8.73. The fraction of sp³-hybridized carbons (Fsp3) is 0.667. The Morgan fingerprint density at radius 3 is 2.85 bits per heavy atom. The standard InChI is InChI=1S/C12H20O/c1-10-9-12(2,3)7-6-11(10)5-4-8-13/h6-7,11,13H,1,4-5,8-9H2,2-3H3. The Kier molecular flexibility index (Phi) is 3.32. The molecule has 0 heterocycles. The van der Waals surface area contributed by atoms with Crippen LogP contribution in [0.15, 0.2) is 24.3 Å². The fourth-order valence-corrected chi connectivity index (χ4v) is 1.90. The molecule has 0 saturated heterocycles. The van der Waals surface area contributed by atoms with Gasteiger partial charge in [0.05, 0.1) is 0 Å². The molecule has 0 radical (unpaired) electrons. The monoisotopic (exact) mass is 180 g/mol. The van der Waals surface area contributed by atoms with Gasteiger partial charge in [0.2, 0.25) is 0 Å². The van der Waals surface area contributed by atoms with Crippen molar-refractivity contribution in [2.75, 3.05) is 6.61 Å². The number of hydrogen-bond acceptors (Lipinski definition) is 1. The third kappa shape index (κ3) is 3.00. The van der Waals surface area contributed by atoms with E-state index in [1.165, 1.54) is 5.57 Å². The molecular weight excluding hydrogens is 160 g/mol. The number of aliphatic hydroxyl groups is 1. The number of aliphatic hydroxyl groups excluding tert-OH is 1. The molecule has 0 aliphatic heterocycles. The lowest BCUT2D eigenvalue weighted by Crippen LogP contribution is -2.18. The molecular formula is C12H20O. The van der Waals surface area contributed by atoms with E-state index in [-0.39, 0.29) is 5.41 Å². The molecule has 13 heavy (non-hydrogen) atoms. The van der Waals surface area contributed by atoms with Crippen molar-refractivity contribution in [3.8, 4) is 0 Å². The second-order valence-electron chi connectivity index (χ2n) is 4.66. The van der Waals surface area contributed by atoms with E-state index < -0.39 is 0 Å². The lowest BCUT2D eigenvalue weighted by atomic mass is 9.75. The molecule has 1 rings (SSSR count). The third-order valence-electron chi connectivity index (χ3n) is 2.66. The van der Waals surface area contributed by atoms with Crippen molar-refractivity contribution in [3.63, 3.8) is 0 Å². The molecule has 1 unspecified atom stereocenters. The van der Waals surface area contributed by atoms with Crippen LogP contribution in [0.5, 0.6) is 0 Å². The second-order valence-corrected chi connectivity index (χ2v) is 4.66. The number of rotatable bonds is 3. The van der Waals surface area contributed by atoms with E-state index in [0.29, 0.717) is 12.5 Å². The van der Waals surface area contributed by atoms with Crippen molar-refractivity contribution < 1.29 is 5.11 Å². The van der Waals surface area contributed by atoms with Crippen LogP contribution in [0.25, 0.3) is 0 Å². The van der Waals surface area contributed by atoms with E-state index in [0.717, 1.165) is 19.3 Å². The Hall–Kier alpha value is -0.560. The zero-order valence-corrected chi connectivity index (χ0v) is 8.71. The van der Waals surface area contributed by atoms with Crippen LogP contribution in [-0.4, -0.2) is 11.7 Å². The van der Waals surface area contributed by atoms with Gasteiger partial charge < -0.3 is 5.11 Å². The lowest BCUT2D eigenvalue weighted by Gasteiger charge is -2.30. The van der Waals surface area contributed by atoms with Crippen molar-refractivity contribution >= 4 is 0 Å². The molecule has 0 saturated carbocycles. The first kappa shape index (κ1) is 10.5. The van der Waals surface area contributed by atoms with E-state index in [2.05, 4.69) is 32.6 Å². The zero-order chi connectivity index (χ0) is 9.90. The smallest absolute Gasteiger partial charge is 0.0431 e. The fourth-order valence-electron chi connectivity index (χ4n) is 1.90.